The first kappa shape index (κ1) is 36.2. The van der Waals surface area contributed by atoms with E-state index in [1.54, 1.807) is 0 Å². The van der Waals surface area contributed by atoms with Gasteiger partial charge in [-0.1, -0.05) is 0 Å². The van der Waals surface area contributed by atoms with E-state index in [1.165, 1.54) is 0 Å². The second-order valence-electron chi connectivity index (χ2n) is 1.53. The molecule has 0 bridgehead atoms. The van der Waals surface area contributed by atoms with Crippen molar-refractivity contribution in [1.29, 1.82) is 0 Å². The van der Waals surface area contributed by atoms with E-state index in [4.69, 9.17) is 10.2 Å². The fourth-order valence-corrected chi connectivity index (χ4v) is 0.258. The van der Waals surface area contributed by atoms with Crippen LogP contribution in [0.2, 0.25) is 0 Å². The molecule has 0 amide bonds. The van der Waals surface area contributed by atoms with Crippen molar-refractivity contribution in [2.24, 2.45) is 0 Å². The summed E-state index contributed by atoms with van der Waals surface area (Å²) in [6.07, 6.45) is -4.88. The minimum absolute atomic E-state index is 0. The zero-order valence-corrected chi connectivity index (χ0v) is 23.4. The molecule has 0 spiro atoms. The molecule has 8 radical (unpaired) electrons. The molecule has 11 heteroatoms. The summed E-state index contributed by atoms with van der Waals surface area (Å²) in [5.74, 6) is -4.12. The average Bonchev–Trinajstić information content (AvgIpc) is 1.84. The zero-order chi connectivity index (χ0) is 8.31. The van der Waals surface area contributed by atoms with Crippen molar-refractivity contribution in [1.82, 2.24) is 0 Å². The Balaban J connectivity index is -0.0000000405. The van der Waals surface area contributed by atoms with Crippen LogP contribution in [0.5, 0.6) is 0 Å². The van der Waals surface area contributed by atoms with Crippen molar-refractivity contribution in [2.45, 2.75) is 12.2 Å². The predicted molar refractivity (Wildman–Crippen MR) is 45.0 cm³/mol. The van der Waals surface area contributed by atoms with Crippen LogP contribution in [0.25, 0.3) is 0 Å². The standard InChI is InChI=1S/C4H6O6.4Bi.Na/c5-1(3(7)8)2(6)4(9)10;;;;;/h1-2,5-6H,(H,7,8)(H,9,10);;;;;/q;4*+3;+1/p-2. The number of carboxylic acids is 2. The molecule has 15 heavy (non-hydrogen) atoms. The van der Waals surface area contributed by atoms with Gasteiger partial charge in [0, 0.05) is 0 Å². The Morgan fingerprint density at radius 1 is 0.800 bits per heavy atom. The van der Waals surface area contributed by atoms with Gasteiger partial charge in [0.15, 0.2) is 0 Å². The van der Waals surface area contributed by atoms with E-state index in [1.807, 2.05) is 0 Å². The van der Waals surface area contributed by atoms with E-state index >= 15 is 0 Å². The zero-order valence-electron chi connectivity index (χ0n) is 7.47. The molecular weight excluding hydrogens is 1000 g/mol. The smallest absolute Gasteiger partial charge is 0.547 e. The Bertz CT molecular complexity index is 151. The van der Waals surface area contributed by atoms with E-state index < -0.39 is 24.1 Å². The monoisotopic (exact) mass is 1010 g/mol. The minimum atomic E-state index is -2.44. The number of hydrogen-bond donors (Lipinski definition) is 2. The summed E-state index contributed by atoms with van der Waals surface area (Å²) in [4.78, 5) is 19.3. The Morgan fingerprint density at radius 3 is 1.00 bits per heavy atom. The molecule has 66 valence electrons. The fourth-order valence-electron chi connectivity index (χ4n) is 0.258. The van der Waals surface area contributed by atoms with Crippen LogP contribution in [0.15, 0.2) is 0 Å². The molecule has 0 aliphatic carbocycles. The molecule has 0 aliphatic rings. The number of carbonyl (C=O) groups excluding carboxylic acids is 2. The maximum absolute atomic E-state index is 9.63. The molecule has 0 heterocycles. The largest absolute Gasteiger partial charge is 3.00 e. The Labute approximate surface area is 185 Å². The predicted octanol–water partition coefficient (Wildman–Crippen LogP) is -9.31. The van der Waals surface area contributed by atoms with E-state index in [0.717, 1.165) is 0 Å². The van der Waals surface area contributed by atoms with Gasteiger partial charge in [-0.05, 0) is 0 Å². The molecular formula is C4H4Bi4NaO6+11. The number of hydrogen-bond acceptors (Lipinski definition) is 6. The maximum atomic E-state index is 9.63. The molecule has 0 aliphatic heterocycles. The SMILES string of the molecule is O=C([O-])C(O)C(O)C(=O)[O-].[Bi+3].[Bi+3].[Bi+3].[Bi+3].[Na+]. The first-order valence-corrected chi connectivity index (χ1v) is 2.24. The molecule has 2 atom stereocenters. The molecule has 0 fully saturated rings. The third-order valence-corrected chi connectivity index (χ3v) is 0.782. The second kappa shape index (κ2) is 19.7. The number of carboxylic acid groups (broad SMARTS) is 2. The first-order chi connectivity index (χ1) is 4.46. The van der Waals surface area contributed by atoms with Crippen LogP contribution in [0, 0.1) is 0 Å². The van der Waals surface area contributed by atoms with Crippen LogP contribution in [-0.2, 0) is 9.59 Å². The van der Waals surface area contributed by atoms with E-state index in [9.17, 15) is 19.8 Å². The Kier molecular flexibility index (Phi) is 47.6. The summed E-state index contributed by atoms with van der Waals surface area (Å²) in [5, 5.41) is 35.7. The van der Waals surface area contributed by atoms with Crippen LogP contribution in [0.4, 0.5) is 0 Å². The van der Waals surface area contributed by atoms with Gasteiger partial charge >= 0.3 is 134 Å². The topological polar surface area (TPSA) is 121 Å². The van der Waals surface area contributed by atoms with Crippen LogP contribution in [-0.4, -0.2) is 139 Å². The van der Waals surface area contributed by atoms with Crippen molar-refractivity contribution >= 4 is 117 Å². The van der Waals surface area contributed by atoms with Gasteiger partial charge in [0.2, 0.25) is 0 Å². The molecule has 0 saturated heterocycles. The summed E-state index contributed by atoms with van der Waals surface area (Å²) < 4.78 is 0. The van der Waals surface area contributed by atoms with Gasteiger partial charge in [-0.15, -0.1) is 0 Å². The van der Waals surface area contributed by atoms with Crippen molar-refractivity contribution in [3.63, 3.8) is 0 Å². The van der Waals surface area contributed by atoms with Crippen LogP contribution in [0.3, 0.4) is 0 Å². The molecule has 6 nitrogen and oxygen atoms in total. The number of carbonyl (C=O) groups is 2. The maximum Gasteiger partial charge on any atom is 3.00 e. The average molecular weight is 1010 g/mol. The Morgan fingerprint density at radius 2 is 0.933 bits per heavy atom. The summed E-state index contributed by atoms with van der Waals surface area (Å²) in [5.41, 5.74) is 0. The van der Waals surface area contributed by atoms with Crippen LogP contribution >= 0.6 is 0 Å². The van der Waals surface area contributed by atoms with E-state index in [0.29, 0.717) is 0 Å². The molecule has 0 aromatic carbocycles. The van der Waals surface area contributed by atoms with Gasteiger partial charge in [0.05, 0.1) is 11.9 Å². The summed E-state index contributed by atoms with van der Waals surface area (Å²) >= 11 is 0. The van der Waals surface area contributed by atoms with Gasteiger partial charge in [0.25, 0.3) is 0 Å². The van der Waals surface area contributed by atoms with Crippen molar-refractivity contribution in [2.75, 3.05) is 0 Å². The van der Waals surface area contributed by atoms with Gasteiger partial charge in [-0.3, -0.25) is 0 Å². The van der Waals surface area contributed by atoms with Gasteiger partial charge in [-0.2, -0.15) is 0 Å². The first-order valence-electron chi connectivity index (χ1n) is 2.24. The van der Waals surface area contributed by atoms with Gasteiger partial charge in [-0.25, -0.2) is 0 Å². The minimum Gasteiger partial charge on any atom is -0.547 e. The normalized spacial score (nSPS) is 10.5. The molecule has 0 aromatic rings. The third-order valence-electron chi connectivity index (χ3n) is 0.782. The molecule has 0 saturated carbocycles. The van der Waals surface area contributed by atoms with Crippen molar-refractivity contribution in [3.8, 4) is 0 Å². The van der Waals surface area contributed by atoms with Crippen LogP contribution in [0.1, 0.15) is 0 Å². The molecule has 2 N–H and O–H groups in total. The summed E-state index contributed by atoms with van der Waals surface area (Å²) in [6.45, 7) is 0. The molecule has 0 aromatic heterocycles. The van der Waals surface area contributed by atoms with E-state index in [-0.39, 0.29) is 134 Å². The summed E-state index contributed by atoms with van der Waals surface area (Å²) in [7, 11) is 0. The number of rotatable bonds is 3. The number of aliphatic hydroxyl groups excluding tert-OH is 2. The number of aliphatic hydroxyl groups is 2. The van der Waals surface area contributed by atoms with Crippen LogP contribution < -0.4 is 39.8 Å². The van der Waals surface area contributed by atoms with E-state index in [2.05, 4.69) is 0 Å². The van der Waals surface area contributed by atoms with Crippen molar-refractivity contribution in [3.05, 3.63) is 0 Å². The fraction of sp³-hybridized carbons (Fsp3) is 0.500. The van der Waals surface area contributed by atoms with Gasteiger partial charge in [0.1, 0.15) is 12.2 Å². The van der Waals surface area contributed by atoms with Gasteiger partial charge < -0.3 is 30.0 Å². The second-order valence-corrected chi connectivity index (χ2v) is 1.53. The molecule has 2 unspecified atom stereocenters. The Hall–Kier alpha value is 3.39. The summed E-state index contributed by atoms with van der Waals surface area (Å²) in [6, 6.07) is 0. The third kappa shape index (κ3) is 17.4. The molecule has 0 rings (SSSR count). The number of aliphatic carboxylic acids is 2. The quantitative estimate of drug-likeness (QED) is 0.272. The van der Waals surface area contributed by atoms with Crippen molar-refractivity contribution < 1.29 is 59.6 Å².